The maximum Gasteiger partial charge on any atom is 0.0417 e. The van der Waals surface area contributed by atoms with Gasteiger partial charge in [-0.05, 0) is 11.6 Å². The number of anilines is 1. The molecule has 1 heteroatoms. The van der Waals surface area contributed by atoms with Gasteiger partial charge < -0.3 is 5.32 Å². The molecule has 1 N–H and O–H groups in total. The molecule has 0 bridgehead atoms. The van der Waals surface area contributed by atoms with Crippen LogP contribution in [0.3, 0.4) is 0 Å². The zero-order valence-corrected chi connectivity index (χ0v) is 7.30. The van der Waals surface area contributed by atoms with Crippen LogP contribution in [-0.4, -0.2) is 7.05 Å². The largest absolute Gasteiger partial charge is 0.388 e. The van der Waals surface area contributed by atoms with Gasteiger partial charge in [-0.1, -0.05) is 37.4 Å². The van der Waals surface area contributed by atoms with Crippen LogP contribution in [-0.2, 0) is 0 Å². The molecule has 1 aromatic carbocycles. The van der Waals surface area contributed by atoms with E-state index in [0.29, 0.717) is 0 Å². The molecule has 0 spiro atoms. The van der Waals surface area contributed by atoms with Gasteiger partial charge in [0.1, 0.15) is 0 Å². The Labute approximate surface area is 73.4 Å². The molecular formula is C11H13N. The van der Waals surface area contributed by atoms with Gasteiger partial charge in [-0.3, -0.25) is 0 Å². The first kappa shape index (κ1) is 8.60. The number of hydrogen-bond donors (Lipinski definition) is 1. The van der Waals surface area contributed by atoms with Gasteiger partial charge >= 0.3 is 0 Å². The highest BCUT2D eigenvalue weighted by Crippen LogP contribution is 2.22. The quantitative estimate of drug-likeness (QED) is 0.668. The van der Waals surface area contributed by atoms with Crippen molar-refractivity contribution in [1.29, 1.82) is 0 Å². The fourth-order valence-electron chi connectivity index (χ4n) is 1.09. The summed E-state index contributed by atoms with van der Waals surface area (Å²) in [5, 5.41) is 3.10. The molecule has 0 atom stereocenters. The van der Waals surface area contributed by atoms with Crippen LogP contribution in [0.4, 0.5) is 5.69 Å². The van der Waals surface area contributed by atoms with Crippen molar-refractivity contribution >= 4 is 11.3 Å². The van der Waals surface area contributed by atoms with Crippen LogP contribution in [0.5, 0.6) is 0 Å². The molecule has 0 aliphatic heterocycles. The van der Waals surface area contributed by atoms with Gasteiger partial charge in [0.25, 0.3) is 0 Å². The highest BCUT2D eigenvalue weighted by Gasteiger charge is 1.99. The molecule has 0 amide bonds. The number of hydrogen-bond acceptors (Lipinski definition) is 1. The zero-order valence-electron chi connectivity index (χ0n) is 7.30. The molecule has 0 aliphatic carbocycles. The lowest BCUT2D eigenvalue weighted by atomic mass is 10.1. The van der Waals surface area contributed by atoms with E-state index in [9.17, 15) is 0 Å². The molecule has 1 aromatic rings. The smallest absolute Gasteiger partial charge is 0.0417 e. The van der Waals surface area contributed by atoms with Crippen LogP contribution in [0.15, 0.2) is 43.5 Å². The molecule has 62 valence electrons. The normalized spacial score (nSPS) is 9.08. The zero-order chi connectivity index (χ0) is 8.97. The van der Waals surface area contributed by atoms with Gasteiger partial charge in [-0.25, -0.2) is 0 Å². The molecule has 0 radical (unpaired) electrons. The minimum absolute atomic E-state index is 0.944. The Morgan fingerprint density at radius 2 is 2.08 bits per heavy atom. The third-order valence-corrected chi connectivity index (χ3v) is 1.79. The topological polar surface area (TPSA) is 12.0 Å². The summed E-state index contributed by atoms with van der Waals surface area (Å²) in [6, 6.07) is 8.02. The molecule has 0 heterocycles. The highest BCUT2D eigenvalue weighted by atomic mass is 14.8. The Morgan fingerprint density at radius 1 is 1.42 bits per heavy atom. The van der Waals surface area contributed by atoms with E-state index in [2.05, 4.69) is 18.5 Å². The maximum atomic E-state index is 3.89. The summed E-state index contributed by atoms with van der Waals surface area (Å²) in [6.45, 7) is 7.58. The Balaban J connectivity index is 3.13. The van der Waals surface area contributed by atoms with Crippen LogP contribution in [0.2, 0.25) is 0 Å². The van der Waals surface area contributed by atoms with Crippen molar-refractivity contribution in [2.45, 2.75) is 0 Å². The van der Waals surface area contributed by atoms with Crippen LogP contribution in [0.1, 0.15) is 5.56 Å². The number of allylic oxidation sites excluding steroid dienone is 2. The van der Waals surface area contributed by atoms with Crippen molar-refractivity contribution in [2.24, 2.45) is 0 Å². The molecular weight excluding hydrogens is 146 g/mol. The van der Waals surface area contributed by atoms with Gasteiger partial charge in [0.2, 0.25) is 0 Å². The average Bonchev–Trinajstić information content (AvgIpc) is 2.16. The number of para-hydroxylation sites is 1. The summed E-state index contributed by atoms with van der Waals surface area (Å²) in [5.74, 6) is 0. The predicted octanol–water partition coefficient (Wildman–Crippen LogP) is 2.93. The molecule has 0 unspecified atom stereocenters. The first-order valence-electron chi connectivity index (χ1n) is 3.88. The average molecular weight is 159 g/mol. The standard InChI is InChI=1S/C11H13N/c1-4-9(2)10-7-5-6-8-11(10)12-3/h4-8,12H,1-2H2,3H3. The molecule has 0 saturated heterocycles. The molecule has 12 heavy (non-hydrogen) atoms. The lowest BCUT2D eigenvalue weighted by Gasteiger charge is -2.07. The molecule has 1 nitrogen and oxygen atoms in total. The first-order chi connectivity index (χ1) is 5.79. The van der Waals surface area contributed by atoms with Gasteiger partial charge in [0, 0.05) is 18.3 Å². The summed E-state index contributed by atoms with van der Waals surface area (Å²) in [6.07, 6.45) is 1.76. The predicted molar refractivity (Wildman–Crippen MR) is 55.2 cm³/mol. The van der Waals surface area contributed by atoms with Gasteiger partial charge in [-0.2, -0.15) is 0 Å². The van der Waals surface area contributed by atoms with Crippen molar-refractivity contribution < 1.29 is 0 Å². The van der Waals surface area contributed by atoms with Gasteiger partial charge in [0.15, 0.2) is 0 Å². The SMILES string of the molecule is C=CC(=C)c1ccccc1NC. The Hall–Kier alpha value is -1.50. The summed E-state index contributed by atoms with van der Waals surface area (Å²) in [7, 11) is 1.90. The lowest BCUT2D eigenvalue weighted by molar-refractivity contribution is 1.48. The van der Waals surface area contributed by atoms with E-state index in [1.54, 1.807) is 6.08 Å². The van der Waals surface area contributed by atoms with Crippen molar-refractivity contribution in [3.8, 4) is 0 Å². The second-order valence-electron chi connectivity index (χ2n) is 2.52. The number of rotatable bonds is 3. The van der Waals surface area contributed by atoms with E-state index < -0.39 is 0 Å². The van der Waals surface area contributed by atoms with E-state index in [0.717, 1.165) is 16.8 Å². The first-order valence-corrected chi connectivity index (χ1v) is 3.88. The fraction of sp³-hybridized carbons (Fsp3) is 0.0909. The van der Waals surface area contributed by atoms with Crippen molar-refractivity contribution in [3.63, 3.8) is 0 Å². The fourth-order valence-corrected chi connectivity index (χ4v) is 1.09. The number of nitrogens with one attached hydrogen (secondary N) is 1. The van der Waals surface area contributed by atoms with E-state index in [1.807, 2.05) is 31.3 Å². The second-order valence-corrected chi connectivity index (χ2v) is 2.52. The van der Waals surface area contributed by atoms with E-state index >= 15 is 0 Å². The lowest BCUT2D eigenvalue weighted by Crippen LogP contribution is -1.92. The highest BCUT2D eigenvalue weighted by molar-refractivity contribution is 5.80. The van der Waals surface area contributed by atoms with Gasteiger partial charge in [-0.15, -0.1) is 0 Å². The van der Waals surface area contributed by atoms with E-state index in [-0.39, 0.29) is 0 Å². The van der Waals surface area contributed by atoms with Crippen LogP contribution < -0.4 is 5.32 Å². The minimum Gasteiger partial charge on any atom is -0.388 e. The van der Waals surface area contributed by atoms with E-state index in [1.165, 1.54) is 0 Å². The Morgan fingerprint density at radius 3 is 2.67 bits per heavy atom. The van der Waals surface area contributed by atoms with Crippen molar-refractivity contribution in [1.82, 2.24) is 0 Å². The molecule has 0 saturated carbocycles. The summed E-state index contributed by atoms with van der Waals surface area (Å²) >= 11 is 0. The molecule has 0 fully saturated rings. The summed E-state index contributed by atoms with van der Waals surface area (Å²) in [4.78, 5) is 0. The van der Waals surface area contributed by atoms with Crippen LogP contribution in [0, 0.1) is 0 Å². The summed E-state index contributed by atoms with van der Waals surface area (Å²) in [5.41, 5.74) is 3.14. The number of benzene rings is 1. The van der Waals surface area contributed by atoms with E-state index in [4.69, 9.17) is 0 Å². The Kier molecular flexibility index (Phi) is 2.70. The van der Waals surface area contributed by atoms with Crippen molar-refractivity contribution in [3.05, 3.63) is 49.1 Å². The third-order valence-electron chi connectivity index (χ3n) is 1.79. The maximum absolute atomic E-state index is 3.89. The van der Waals surface area contributed by atoms with Crippen LogP contribution in [0.25, 0.3) is 5.57 Å². The molecule has 0 aliphatic rings. The molecule has 0 aromatic heterocycles. The minimum atomic E-state index is 0.944. The van der Waals surface area contributed by atoms with Gasteiger partial charge in [0.05, 0.1) is 0 Å². The molecule has 1 rings (SSSR count). The van der Waals surface area contributed by atoms with Crippen molar-refractivity contribution in [2.75, 3.05) is 12.4 Å². The second kappa shape index (κ2) is 3.77. The summed E-state index contributed by atoms with van der Waals surface area (Å²) < 4.78 is 0. The monoisotopic (exact) mass is 159 g/mol. The van der Waals surface area contributed by atoms with Crippen LogP contribution >= 0.6 is 0 Å². The third kappa shape index (κ3) is 1.56. The Bertz CT molecular complexity index is 300.